The molecular weight excluding hydrogens is 388 g/mol. The number of pyridine rings is 1. The summed E-state index contributed by atoms with van der Waals surface area (Å²) in [4.78, 5) is 16.6. The van der Waals surface area contributed by atoms with Crippen LogP contribution in [0.5, 0.6) is 0 Å². The number of fused-ring (bicyclic) bond motifs is 1. The van der Waals surface area contributed by atoms with Gasteiger partial charge in [-0.25, -0.2) is 4.98 Å². The molecule has 1 heterocycles. The minimum atomic E-state index is -0.303. The van der Waals surface area contributed by atoms with Crippen LogP contribution in [0, 0.1) is 0 Å². The Kier molecular flexibility index (Phi) is 5.12. The highest BCUT2D eigenvalue weighted by atomic mass is 35.5. The number of allylic oxidation sites excluding steroid dienone is 1. The topological polar surface area (TPSA) is 30.0 Å². The van der Waals surface area contributed by atoms with Gasteiger partial charge in [-0.2, -0.15) is 0 Å². The number of ketones is 1. The SMILES string of the molecule is O=C(/C=C/c1cc2ccccc2nc1Cl)c1ccc(Cl)c(Cl)c1Cl. The third-order valence-electron chi connectivity index (χ3n) is 3.42. The van der Waals surface area contributed by atoms with E-state index in [1.165, 1.54) is 18.2 Å². The number of hydrogen-bond donors (Lipinski definition) is 0. The summed E-state index contributed by atoms with van der Waals surface area (Å²) in [6.07, 6.45) is 2.98. The van der Waals surface area contributed by atoms with Gasteiger partial charge in [0.1, 0.15) is 5.15 Å². The summed E-state index contributed by atoms with van der Waals surface area (Å²) >= 11 is 24.1. The van der Waals surface area contributed by atoms with E-state index in [9.17, 15) is 4.79 Å². The van der Waals surface area contributed by atoms with Crippen LogP contribution in [0.1, 0.15) is 15.9 Å². The van der Waals surface area contributed by atoms with E-state index < -0.39 is 0 Å². The summed E-state index contributed by atoms with van der Waals surface area (Å²) in [5, 5.41) is 1.83. The molecule has 3 rings (SSSR count). The van der Waals surface area contributed by atoms with Crippen molar-refractivity contribution < 1.29 is 4.79 Å². The van der Waals surface area contributed by atoms with Gasteiger partial charge in [-0.1, -0.05) is 64.6 Å². The molecule has 2 nitrogen and oxygen atoms in total. The second-order valence-corrected chi connectivity index (χ2v) is 6.50. The number of hydrogen-bond acceptors (Lipinski definition) is 2. The Hall–Kier alpha value is -1.58. The molecule has 0 spiro atoms. The molecule has 0 amide bonds. The largest absolute Gasteiger partial charge is 0.289 e. The van der Waals surface area contributed by atoms with Crippen molar-refractivity contribution in [1.82, 2.24) is 4.98 Å². The number of carbonyl (C=O) groups excluding carboxylic acids is 1. The molecule has 0 saturated heterocycles. The molecule has 0 atom stereocenters. The lowest BCUT2D eigenvalue weighted by atomic mass is 10.1. The molecule has 0 saturated carbocycles. The molecule has 0 radical (unpaired) electrons. The van der Waals surface area contributed by atoms with E-state index in [1.807, 2.05) is 30.3 Å². The van der Waals surface area contributed by atoms with Crippen LogP contribution in [0.15, 0.2) is 48.5 Å². The summed E-state index contributed by atoms with van der Waals surface area (Å²) in [6, 6.07) is 12.5. The highest BCUT2D eigenvalue weighted by Crippen LogP contribution is 2.33. The molecule has 0 aliphatic carbocycles. The summed E-state index contributed by atoms with van der Waals surface area (Å²) in [6.45, 7) is 0. The molecule has 1 aromatic heterocycles. The Morgan fingerprint density at radius 1 is 0.958 bits per heavy atom. The minimum Gasteiger partial charge on any atom is -0.289 e. The summed E-state index contributed by atoms with van der Waals surface area (Å²) in [5.74, 6) is -0.303. The predicted octanol–water partition coefficient (Wildman–Crippen LogP) is 6.74. The Morgan fingerprint density at radius 2 is 1.71 bits per heavy atom. The Labute approximate surface area is 158 Å². The highest BCUT2D eigenvalue weighted by molar-refractivity contribution is 6.49. The fourth-order valence-corrected chi connectivity index (χ4v) is 3.03. The smallest absolute Gasteiger partial charge is 0.187 e. The maximum absolute atomic E-state index is 12.3. The van der Waals surface area contributed by atoms with Gasteiger partial charge in [0, 0.05) is 16.5 Å². The zero-order valence-electron chi connectivity index (χ0n) is 12.1. The molecule has 2 aromatic carbocycles. The second kappa shape index (κ2) is 7.12. The van der Waals surface area contributed by atoms with Crippen molar-refractivity contribution in [3.05, 3.63) is 79.9 Å². The molecule has 0 unspecified atom stereocenters. The molecule has 0 N–H and O–H groups in total. The summed E-state index contributed by atoms with van der Waals surface area (Å²) < 4.78 is 0. The molecule has 0 aliphatic heterocycles. The zero-order valence-corrected chi connectivity index (χ0v) is 15.1. The van der Waals surface area contributed by atoms with Crippen LogP contribution in [0.4, 0.5) is 0 Å². The van der Waals surface area contributed by atoms with E-state index in [0.29, 0.717) is 15.7 Å². The van der Waals surface area contributed by atoms with Crippen LogP contribution in [-0.4, -0.2) is 10.8 Å². The van der Waals surface area contributed by atoms with E-state index in [0.717, 1.165) is 10.9 Å². The highest BCUT2D eigenvalue weighted by Gasteiger charge is 2.13. The first-order chi connectivity index (χ1) is 11.5. The zero-order chi connectivity index (χ0) is 17.3. The number of para-hydroxylation sites is 1. The van der Waals surface area contributed by atoms with Crippen LogP contribution in [0.25, 0.3) is 17.0 Å². The minimum absolute atomic E-state index is 0.126. The third-order valence-corrected chi connectivity index (χ3v) is 5.02. The van der Waals surface area contributed by atoms with Gasteiger partial charge in [0.15, 0.2) is 5.78 Å². The average Bonchev–Trinajstić information content (AvgIpc) is 2.57. The number of benzene rings is 2. The van der Waals surface area contributed by atoms with E-state index in [2.05, 4.69) is 4.98 Å². The van der Waals surface area contributed by atoms with Gasteiger partial charge in [0.25, 0.3) is 0 Å². The molecule has 3 aromatic rings. The first kappa shape index (κ1) is 17.2. The van der Waals surface area contributed by atoms with Crippen molar-refractivity contribution in [3.8, 4) is 0 Å². The fraction of sp³-hybridized carbons (Fsp3) is 0. The van der Waals surface area contributed by atoms with Crippen molar-refractivity contribution in [3.63, 3.8) is 0 Å². The Morgan fingerprint density at radius 3 is 2.50 bits per heavy atom. The summed E-state index contributed by atoms with van der Waals surface area (Å²) in [7, 11) is 0. The average molecular weight is 397 g/mol. The summed E-state index contributed by atoms with van der Waals surface area (Å²) in [5.41, 5.74) is 1.70. The van der Waals surface area contributed by atoms with Gasteiger partial charge >= 0.3 is 0 Å². The van der Waals surface area contributed by atoms with Crippen LogP contribution in [-0.2, 0) is 0 Å². The van der Waals surface area contributed by atoms with Gasteiger partial charge < -0.3 is 0 Å². The number of rotatable bonds is 3. The lowest BCUT2D eigenvalue weighted by molar-refractivity contribution is 0.104. The number of nitrogens with zero attached hydrogens (tertiary/aromatic N) is 1. The van der Waals surface area contributed by atoms with Crippen LogP contribution in [0.2, 0.25) is 20.2 Å². The van der Waals surface area contributed by atoms with Gasteiger partial charge in [-0.3, -0.25) is 4.79 Å². The Bertz CT molecular complexity index is 982. The standard InChI is InChI=1S/C18H9Cl4NO/c19-13-7-6-12(16(20)17(13)21)15(24)8-5-11-9-10-3-1-2-4-14(10)23-18(11)22/h1-9H/b8-5+. The van der Waals surface area contributed by atoms with Gasteiger partial charge in [-0.05, 0) is 36.4 Å². The van der Waals surface area contributed by atoms with E-state index in [-0.39, 0.29) is 21.4 Å². The third kappa shape index (κ3) is 3.42. The first-order valence-electron chi connectivity index (χ1n) is 6.88. The van der Waals surface area contributed by atoms with Crippen molar-refractivity contribution in [2.75, 3.05) is 0 Å². The van der Waals surface area contributed by atoms with Crippen molar-refractivity contribution >= 4 is 69.2 Å². The number of halogens is 4. The van der Waals surface area contributed by atoms with Gasteiger partial charge in [0.05, 0.1) is 20.6 Å². The fourth-order valence-electron chi connectivity index (χ4n) is 2.20. The predicted molar refractivity (Wildman–Crippen MR) is 102 cm³/mol. The molecular formula is C18H9Cl4NO. The van der Waals surface area contributed by atoms with Gasteiger partial charge in [0.2, 0.25) is 0 Å². The number of carbonyl (C=O) groups is 1. The maximum atomic E-state index is 12.3. The first-order valence-corrected chi connectivity index (χ1v) is 8.40. The van der Waals surface area contributed by atoms with Crippen molar-refractivity contribution in [1.29, 1.82) is 0 Å². The molecule has 120 valence electrons. The van der Waals surface area contributed by atoms with Crippen molar-refractivity contribution in [2.24, 2.45) is 0 Å². The lowest BCUT2D eigenvalue weighted by Crippen LogP contribution is -1.96. The molecule has 0 fully saturated rings. The molecule has 0 bridgehead atoms. The van der Waals surface area contributed by atoms with E-state index >= 15 is 0 Å². The molecule has 0 aliphatic rings. The quantitative estimate of drug-likeness (QED) is 0.212. The van der Waals surface area contributed by atoms with Crippen LogP contribution in [0.3, 0.4) is 0 Å². The van der Waals surface area contributed by atoms with Crippen molar-refractivity contribution in [2.45, 2.75) is 0 Å². The van der Waals surface area contributed by atoms with Crippen LogP contribution >= 0.6 is 46.4 Å². The second-order valence-electron chi connectivity index (χ2n) is 4.98. The molecule has 6 heteroatoms. The van der Waals surface area contributed by atoms with Gasteiger partial charge in [-0.15, -0.1) is 0 Å². The monoisotopic (exact) mass is 395 g/mol. The molecule has 24 heavy (non-hydrogen) atoms. The van der Waals surface area contributed by atoms with E-state index in [4.69, 9.17) is 46.4 Å². The maximum Gasteiger partial charge on any atom is 0.187 e. The Balaban J connectivity index is 1.95. The normalized spacial score (nSPS) is 11.3. The van der Waals surface area contributed by atoms with Crippen LogP contribution < -0.4 is 0 Å². The van der Waals surface area contributed by atoms with E-state index in [1.54, 1.807) is 6.08 Å². The number of aromatic nitrogens is 1. The lowest BCUT2D eigenvalue weighted by Gasteiger charge is -2.04.